The van der Waals surface area contributed by atoms with E-state index in [0.717, 1.165) is 17.7 Å². The minimum atomic E-state index is -0.394. The van der Waals surface area contributed by atoms with Crippen molar-refractivity contribution >= 4 is 34.9 Å². The molecule has 7 nitrogen and oxygen atoms in total. The Balaban J connectivity index is 1.58. The number of furan rings is 1. The van der Waals surface area contributed by atoms with Crippen LogP contribution in [0.2, 0.25) is 5.02 Å². The van der Waals surface area contributed by atoms with Crippen molar-refractivity contribution < 1.29 is 14.0 Å². The summed E-state index contributed by atoms with van der Waals surface area (Å²) in [6.45, 7) is 3.67. The van der Waals surface area contributed by atoms with Crippen molar-refractivity contribution in [2.75, 3.05) is 5.32 Å². The third-order valence-electron chi connectivity index (χ3n) is 5.07. The lowest BCUT2D eigenvalue weighted by Crippen LogP contribution is -2.22. The Kier molecular flexibility index (Phi) is 5.86. The fourth-order valence-electron chi connectivity index (χ4n) is 3.61. The molecular weight excluding hydrogens is 416 g/mol. The number of pyridine rings is 1. The summed E-state index contributed by atoms with van der Waals surface area (Å²) in [7, 11) is 0. The minimum absolute atomic E-state index is 0.223. The molecule has 0 bridgehead atoms. The highest BCUT2D eigenvalue weighted by molar-refractivity contribution is 6.33. The van der Waals surface area contributed by atoms with E-state index in [2.05, 4.69) is 20.8 Å². The number of carbonyl (C=O) groups excluding carboxylic acids is 2. The molecule has 4 rings (SSSR count). The third kappa shape index (κ3) is 4.36. The number of carbonyl (C=O) groups is 2. The molecular formula is C23H21ClN4O3. The van der Waals surface area contributed by atoms with Gasteiger partial charge in [0.15, 0.2) is 5.76 Å². The van der Waals surface area contributed by atoms with Gasteiger partial charge in [-0.3, -0.25) is 9.59 Å². The second kappa shape index (κ2) is 8.73. The Morgan fingerprint density at radius 2 is 1.87 bits per heavy atom. The molecule has 2 N–H and O–H groups in total. The number of fused-ring (bicyclic) bond motifs is 1. The largest absolute Gasteiger partial charge is 0.455 e. The standard InChI is InChI=1S/C23H21ClN4O3/c1-13-7-5-12-19(25-13)26-23(30)21-14(2)20-17(10-6-11-18(20)31-21)27-28-22(29)15-8-3-4-9-16(15)24/h3-5,7-9,12H,6,10-11H2,1-2H3,(H,28,29)(H,25,26,30)/b27-17+. The molecule has 0 saturated heterocycles. The Hall–Kier alpha value is -3.45. The van der Waals surface area contributed by atoms with Gasteiger partial charge < -0.3 is 9.73 Å². The number of halogens is 1. The number of nitrogens with zero attached hydrogens (tertiary/aromatic N) is 2. The maximum Gasteiger partial charge on any atom is 0.292 e. The Morgan fingerprint density at radius 3 is 2.65 bits per heavy atom. The van der Waals surface area contributed by atoms with E-state index < -0.39 is 5.91 Å². The summed E-state index contributed by atoms with van der Waals surface area (Å²) < 4.78 is 5.89. The van der Waals surface area contributed by atoms with Crippen LogP contribution in [-0.2, 0) is 6.42 Å². The van der Waals surface area contributed by atoms with Crippen molar-refractivity contribution in [1.29, 1.82) is 0 Å². The van der Waals surface area contributed by atoms with E-state index in [1.165, 1.54) is 0 Å². The maximum absolute atomic E-state index is 12.8. The molecule has 0 radical (unpaired) electrons. The Morgan fingerprint density at radius 1 is 1.06 bits per heavy atom. The predicted octanol–water partition coefficient (Wildman–Crippen LogP) is 4.67. The molecule has 0 fully saturated rings. The summed E-state index contributed by atoms with van der Waals surface area (Å²) in [5.74, 6) is 0.608. The molecule has 2 amide bonds. The molecule has 2 heterocycles. The second-order valence-corrected chi connectivity index (χ2v) is 7.71. The van der Waals surface area contributed by atoms with Crippen LogP contribution in [0.5, 0.6) is 0 Å². The smallest absolute Gasteiger partial charge is 0.292 e. The first-order valence-electron chi connectivity index (χ1n) is 9.93. The van der Waals surface area contributed by atoms with Gasteiger partial charge in [0.25, 0.3) is 11.8 Å². The van der Waals surface area contributed by atoms with Crippen LogP contribution in [-0.4, -0.2) is 22.5 Å². The molecule has 0 aliphatic heterocycles. The first kappa shape index (κ1) is 20.8. The molecule has 0 spiro atoms. The van der Waals surface area contributed by atoms with Crippen molar-refractivity contribution in [1.82, 2.24) is 10.4 Å². The van der Waals surface area contributed by atoms with Crippen LogP contribution in [0.15, 0.2) is 52.0 Å². The number of rotatable bonds is 4. The number of amides is 2. The molecule has 2 aromatic heterocycles. The van der Waals surface area contributed by atoms with Crippen LogP contribution in [0, 0.1) is 13.8 Å². The van der Waals surface area contributed by atoms with Crippen LogP contribution >= 0.6 is 11.6 Å². The lowest BCUT2D eigenvalue weighted by molar-refractivity contribution is 0.0953. The SMILES string of the molecule is Cc1cccc(NC(=O)c2oc3c(c2C)/C(=N/NC(=O)c2ccccc2Cl)CCC3)n1. The van der Waals surface area contributed by atoms with E-state index in [4.69, 9.17) is 16.0 Å². The van der Waals surface area contributed by atoms with Crippen molar-refractivity contribution in [2.45, 2.75) is 33.1 Å². The molecule has 8 heteroatoms. The van der Waals surface area contributed by atoms with Gasteiger partial charge in [-0.25, -0.2) is 10.4 Å². The van der Waals surface area contributed by atoms with Gasteiger partial charge in [-0.15, -0.1) is 0 Å². The van der Waals surface area contributed by atoms with Gasteiger partial charge in [0, 0.05) is 23.2 Å². The number of anilines is 1. The zero-order valence-corrected chi connectivity index (χ0v) is 17.9. The molecule has 1 aliphatic carbocycles. The van der Waals surface area contributed by atoms with Gasteiger partial charge in [0.05, 0.1) is 16.3 Å². The highest BCUT2D eigenvalue weighted by Crippen LogP contribution is 2.30. The molecule has 31 heavy (non-hydrogen) atoms. The maximum atomic E-state index is 12.8. The van der Waals surface area contributed by atoms with Crippen molar-refractivity contribution in [3.63, 3.8) is 0 Å². The monoisotopic (exact) mass is 436 g/mol. The van der Waals surface area contributed by atoms with E-state index in [0.29, 0.717) is 46.3 Å². The van der Waals surface area contributed by atoms with Gasteiger partial charge in [-0.05, 0) is 51.0 Å². The van der Waals surface area contributed by atoms with Gasteiger partial charge in [0.2, 0.25) is 0 Å². The summed E-state index contributed by atoms with van der Waals surface area (Å²) in [4.78, 5) is 29.5. The second-order valence-electron chi connectivity index (χ2n) is 7.31. The van der Waals surface area contributed by atoms with E-state index >= 15 is 0 Å². The number of hydrogen-bond acceptors (Lipinski definition) is 5. The Bertz CT molecular complexity index is 1200. The summed E-state index contributed by atoms with van der Waals surface area (Å²) in [5, 5.41) is 7.45. The fraction of sp³-hybridized carbons (Fsp3) is 0.217. The molecule has 0 atom stereocenters. The van der Waals surface area contributed by atoms with E-state index in [-0.39, 0.29) is 11.7 Å². The van der Waals surface area contributed by atoms with Gasteiger partial charge in [-0.1, -0.05) is 29.8 Å². The molecule has 3 aromatic rings. The highest BCUT2D eigenvalue weighted by Gasteiger charge is 2.28. The van der Waals surface area contributed by atoms with Crippen LogP contribution in [0.4, 0.5) is 5.82 Å². The zero-order chi connectivity index (χ0) is 22.0. The van der Waals surface area contributed by atoms with Gasteiger partial charge >= 0.3 is 0 Å². The normalized spacial score (nSPS) is 14.2. The van der Waals surface area contributed by atoms with Crippen LogP contribution in [0.3, 0.4) is 0 Å². The number of nitrogens with one attached hydrogen (secondary N) is 2. The number of benzene rings is 1. The van der Waals surface area contributed by atoms with E-state index in [1.54, 1.807) is 30.3 Å². The van der Waals surface area contributed by atoms with Crippen molar-refractivity contribution in [2.24, 2.45) is 5.10 Å². The summed E-state index contributed by atoms with van der Waals surface area (Å²) in [6.07, 6.45) is 2.17. The van der Waals surface area contributed by atoms with Crippen molar-refractivity contribution in [3.05, 3.63) is 81.4 Å². The average molecular weight is 437 g/mol. The number of hydrogen-bond donors (Lipinski definition) is 2. The predicted molar refractivity (Wildman–Crippen MR) is 119 cm³/mol. The van der Waals surface area contributed by atoms with Crippen LogP contribution < -0.4 is 10.7 Å². The number of hydrazone groups is 1. The average Bonchev–Trinajstić information content (AvgIpc) is 3.10. The quantitative estimate of drug-likeness (QED) is 0.581. The number of aryl methyl sites for hydroxylation is 2. The summed E-state index contributed by atoms with van der Waals surface area (Å²) in [6, 6.07) is 12.2. The molecule has 0 unspecified atom stereocenters. The topological polar surface area (TPSA) is 96.6 Å². The molecule has 1 aromatic carbocycles. The minimum Gasteiger partial charge on any atom is -0.455 e. The van der Waals surface area contributed by atoms with Crippen molar-refractivity contribution in [3.8, 4) is 0 Å². The van der Waals surface area contributed by atoms with Crippen LogP contribution in [0.1, 0.15) is 56.3 Å². The van der Waals surface area contributed by atoms with Crippen LogP contribution in [0.25, 0.3) is 0 Å². The first-order valence-corrected chi connectivity index (χ1v) is 10.3. The molecule has 1 aliphatic rings. The zero-order valence-electron chi connectivity index (χ0n) is 17.2. The highest BCUT2D eigenvalue weighted by atomic mass is 35.5. The molecule has 0 saturated carbocycles. The Labute approximate surface area is 184 Å². The van der Waals surface area contributed by atoms with E-state index in [9.17, 15) is 9.59 Å². The first-order chi connectivity index (χ1) is 14.9. The fourth-order valence-corrected chi connectivity index (χ4v) is 3.83. The van der Waals surface area contributed by atoms with Gasteiger partial charge in [-0.2, -0.15) is 5.10 Å². The van der Waals surface area contributed by atoms with Gasteiger partial charge in [0.1, 0.15) is 11.6 Å². The number of aromatic nitrogens is 1. The lowest BCUT2D eigenvalue weighted by atomic mass is 9.93. The summed E-state index contributed by atoms with van der Waals surface area (Å²) in [5.41, 5.74) is 5.86. The third-order valence-corrected chi connectivity index (χ3v) is 5.40. The summed E-state index contributed by atoms with van der Waals surface area (Å²) >= 11 is 6.09. The lowest BCUT2D eigenvalue weighted by Gasteiger charge is -2.13. The van der Waals surface area contributed by atoms with E-state index in [1.807, 2.05) is 26.0 Å². The molecule has 158 valence electrons.